The zero-order valence-electron chi connectivity index (χ0n) is 13.0. The molecule has 1 heteroatoms. The number of allylic oxidation sites excluding steroid dienone is 3. The van der Waals surface area contributed by atoms with E-state index in [-0.39, 0.29) is 5.78 Å². The third-order valence-corrected chi connectivity index (χ3v) is 3.17. The van der Waals surface area contributed by atoms with E-state index in [0.717, 1.165) is 16.7 Å². The molecule has 110 valence electrons. The summed E-state index contributed by atoms with van der Waals surface area (Å²) in [7, 11) is 0. The molecule has 0 heterocycles. The minimum absolute atomic E-state index is 0.0326. The minimum atomic E-state index is 0.0326. The molecule has 0 N–H and O–H groups in total. The molecule has 0 radical (unpaired) electrons. The summed E-state index contributed by atoms with van der Waals surface area (Å²) in [5.41, 5.74) is 7.46. The van der Waals surface area contributed by atoms with E-state index < -0.39 is 0 Å². The van der Waals surface area contributed by atoms with Gasteiger partial charge in [0.2, 0.25) is 0 Å². The van der Waals surface area contributed by atoms with Gasteiger partial charge in [0.15, 0.2) is 5.78 Å². The van der Waals surface area contributed by atoms with Crippen LogP contribution in [0.4, 0.5) is 0 Å². The third kappa shape index (κ3) is 4.73. The Hall–Kier alpha value is -2.63. The zero-order valence-corrected chi connectivity index (χ0v) is 13.0. The second-order valence-corrected chi connectivity index (χ2v) is 5.31. The van der Waals surface area contributed by atoms with Gasteiger partial charge in [0.25, 0.3) is 0 Å². The van der Waals surface area contributed by atoms with Gasteiger partial charge in [-0.15, -0.1) is 5.73 Å². The van der Waals surface area contributed by atoms with Gasteiger partial charge >= 0.3 is 0 Å². The van der Waals surface area contributed by atoms with E-state index >= 15 is 0 Å². The fourth-order valence-electron chi connectivity index (χ4n) is 2.16. The van der Waals surface area contributed by atoms with Crippen molar-refractivity contribution in [2.24, 2.45) is 0 Å². The van der Waals surface area contributed by atoms with Crippen LogP contribution < -0.4 is 0 Å². The fraction of sp³-hybridized carbons (Fsp3) is 0.143. The van der Waals surface area contributed by atoms with E-state index in [1.165, 1.54) is 0 Å². The number of carbonyl (C=O) groups is 1. The Kier molecular flexibility index (Phi) is 5.71. The van der Waals surface area contributed by atoms with E-state index in [4.69, 9.17) is 0 Å². The van der Waals surface area contributed by atoms with E-state index in [9.17, 15) is 4.79 Å². The lowest BCUT2D eigenvalue weighted by Gasteiger charge is -2.02. The van der Waals surface area contributed by atoms with E-state index in [1.54, 1.807) is 6.08 Å². The highest BCUT2D eigenvalue weighted by molar-refractivity contribution is 6.04. The molecule has 0 saturated carbocycles. The second kappa shape index (κ2) is 7.97. The van der Waals surface area contributed by atoms with Crippen molar-refractivity contribution in [2.75, 3.05) is 0 Å². The van der Waals surface area contributed by atoms with Gasteiger partial charge < -0.3 is 0 Å². The van der Waals surface area contributed by atoms with Gasteiger partial charge in [0.05, 0.1) is 0 Å². The normalized spacial score (nSPS) is 10.3. The fourth-order valence-corrected chi connectivity index (χ4v) is 2.16. The number of ketones is 1. The summed E-state index contributed by atoms with van der Waals surface area (Å²) in [5, 5.41) is 0. The Bertz CT molecular complexity index is 711. The van der Waals surface area contributed by atoms with Gasteiger partial charge in [-0.05, 0) is 37.5 Å². The standard InChI is InChI=1S/C21H20O/c1-17(2)16-20(18-10-5-3-6-11-18)14-9-15-21(22)19-12-7-4-8-13-19/h3-13,15H,14H2,1-2H3/b15-9+. The van der Waals surface area contributed by atoms with Crippen LogP contribution >= 0.6 is 0 Å². The molecule has 2 aromatic carbocycles. The van der Waals surface area contributed by atoms with Crippen molar-refractivity contribution in [3.05, 3.63) is 95.2 Å². The summed E-state index contributed by atoms with van der Waals surface area (Å²) in [6, 6.07) is 19.5. The van der Waals surface area contributed by atoms with Crippen LogP contribution in [0.3, 0.4) is 0 Å². The Morgan fingerprint density at radius 1 is 0.909 bits per heavy atom. The summed E-state index contributed by atoms with van der Waals surface area (Å²) < 4.78 is 0. The Morgan fingerprint density at radius 2 is 1.45 bits per heavy atom. The van der Waals surface area contributed by atoms with Crippen LogP contribution in [0.5, 0.6) is 0 Å². The molecule has 0 unspecified atom stereocenters. The molecule has 0 atom stereocenters. The van der Waals surface area contributed by atoms with Gasteiger partial charge in [-0.2, -0.15) is 0 Å². The lowest BCUT2D eigenvalue weighted by molar-refractivity contribution is 0.104. The van der Waals surface area contributed by atoms with E-state index in [2.05, 4.69) is 17.9 Å². The molecule has 2 rings (SSSR count). The molecule has 0 aliphatic heterocycles. The van der Waals surface area contributed by atoms with Gasteiger partial charge in [-0.3, -0.25) is 4.79 Å². The predicted octanol–water partition coefficient (Wildman–Crippen LogP) is 5.46. The first kappa shape index (κ1) is 15.8. The van der Waals surface area contributed by atoms with Crippen molar-refractivity contribution in [2.45, 2.75) is 20.3 Å². The zero-order chi connectivity index (χ0) is 15.8. The highest BCUT2D eigenvalue weighted by Gasteiger charge is 2.01. The molecule has 1 nitrogen and oxygen atoms in total. The van der Waals surface area contributed by atoms with Crippen molar-refractivity contribution in [1.82, 2.24) is 0 Å². The minimum Gasteiger partial charge on any atom is -0.289 e. The van der Waals surface area contributed by atoms with Crippen LogP contribution in [0.15, 0.2) is 84.1 Å². The van der Waals surface area contributed by atoms with Crippen LogP contribution in [-0.4, -0.2) is 5.78 Å². The molecule has 0 aliphatic carbocycles. The van der Waals surface area contributed by atoms with Crippen LogP contribution in [0.25, 0.3) is 5.57 Å². The number of carbonyl (C=O) groups excluding carboxylic acids is 1. The Balaban J connectivity index is 2.15. The van der Waals surface area contributed by atoms with E-state index in [1.807, 2.05) is 68.5 Å². The molecule has 22 heavy (non-hydrogen) atoms. The molecule has 0 aliphatic rings. The Labute approximate surface area is 132 Å². The maximum absolute atomic E-state index is 12.1. The molecular weight excluding hydrogens is 268 g/mol. The molecule has 0 fully saturated rings. The maximum Gasteiger partial charge on any atom is 0.185 e. The largest absolute Gasteiger partial charge is 0.289 e. The average Bonchev–Trinajstić information content (AvgIpc) is 2.55. The molecule has 0 aromatic heterocycles. The quantitative estimate of drug-likeness (QED) is 0.405. The molecule has 0 spiro atoms. The number of rotatable bonds is 5. The monoisotopic (exact) mass is 288 g/mol. The van der Waals surface area contributed by atoms with Crippen LogP contribution in [0.1, 0.15) is 36.2 Å². The number of hydrogen-bond acceptors (Lipinski definition) is 1. The van der Waals surface area contributed by atoms with Crippen molar-refractivity contribution < 1.29 is 4.79 Å². The van der Waals surface area contributed by atoms with Crippen molar-refractivity contribution in [3.63, 3.8) is 0 Å². The van der Waals surface area contributed by atoms with Crippen molar-refractivity contribution >= 4 is 11.4 Å². The summed E-state index contributed by atoms with van der Waals surface area (Å²) in [4.78, 5) is 12.1. The molecule has 0 bridgehead atoms. The third-order valence-electron chi connectivity index (χ3n) is 3.17. The lowest BCUT2D eigenvalue weighted by atomic mass is 10.0. The number of benzene rings is 2. The van der Waals surface area contributed by atoms with Crippen LogP contribution in [0, 0.1) is 0 Å². The first-order valence-electron chi connectivity index (χ1n) is 7.41. The van der Waals surface area contributed by atoms with Gasteiger partial charge in [-0.1, -0.05) is 66.7 Å². The van der Waals surface area contributed by atoms with Gasteiger partial charge in [-0.25, -0.2) is 0 Å². The van der Waals surface area contributed by atoms with E-state index in [0.29, 0.717) is 12.0 Å². The van der Waals surface area contributed by atoms with Crippen molar-refractivity contribution in [3.8, 4) is 0 Å². The topological polar surface area (TPSA) is 17.1 Å². The molecule has 0 amide bonds. The van der Waals surface area contributed by atoms with Gasteiger partial charge in [0, 0.05) is 11.1 Å². The highest BCUT2D eigenvalue weighted by atomic mass is 16.1. The molecule has 2 aromatic rings. The molecular formula is C21H20O. The summed E-state index contributed by atoms with van der Waals surface area (Å²) in [5.74, 6) is 0.0326. The number of hydrogen-bond donors (Lipinski definition) is 0. The van der Waals surface area contributed by atoms with Crippen LogP contribution in [0.2, 0.25) is 0 Å². The van der Waals surface area contributed by atoms with Crippen molar-refractivity contribution in [1.29, 1.82) is 0 Å². The summed E-state index contributed by atoms with van der Waals surface area (Å²) in [6.45, 7) is 4.06. The SMILES string of the molecule is CC(C)=C=C(C/C=C/C(=O)c1ccccc1)c1ccccc1. The smallest absolute Gasteiger partial charge is 0.185 e. The lowest BCUT2D eigenvalue weighted by Crippen LogP contribution is -1.93. The highest BCUT2D eigenvalue weighted by Crippen LogP contribution is 2.18. The predicted molar refractivity (Wildman–Crippen MR) is 92.8 cm³/mol. The summed E-state index contributed by atoms with van der Waals surface area (Å²) >= 11 is 0. The summed E-state index contributed by atoms with van der Waals surface area (Å²) in [6.07, 6.45) is 4.24. The average molecular weight is 288 g/mol. The first-order chi connectivity index (χ1) is 10.7. The maximum atomic E-state index is 12.1. The molecule has 0 saturated heterocycles. The Morgan fingerprint density at radius 3 is 2.00 bits per heavy atom. The van der Waals surface area contributed by atoms with Crippen LogP contribution in [-0.2, 0) is 0 Å². The second-order valence-electron chi connectivity index (χ2n) is 5.31. The first-order valence-corrected chi connectivity index (χ1v) is 7.41. The van der Waals surface area contributed by atoms with Gasteiger partial charge in [0.1, 0.15) is 0 Å².